The Bertz CT molecular complexity index is 933. The molecule has 1 saturated heterocycles. The van der Waals surface area contributed by atoms with Crippen molar-refractivity contribution in [3.05, 3.63) is 51.9 Å². The van der Waals surface area contributed by atoms with Crippen LogP contribution in [0.25, 0.3) is 11.0 Å². The lowest BCUT2D eigenvalue weighted by Crippen LogP contribution is -2.60. The summed E-state index contributed by atoms with van der Waals surface area (Å²) in [7, 11) is 0. The summed E-state index contributed by atoms with van der Waals surface area (Å²) < 4.78 is 16.3. The summed E-state index contributed by atoms with van der Waals surface area (Å²) in [6.07, 6.45) is -4.98. The molecule has 1 aromatic heterocycles. The fourth-order valence-corrected chi connectivity index (χ4v) is 3.05. The maximum absolute atomic E-state index is 11.5. The van der Waals surface area contributed by atoms with Crippen molar-refractivity contribution in [3.8, 4) is 5.75 Å². The van der Waals surface area contributed by atoms with E-state index in [0.717, 1.165) is 5.57 Å². The third kappa shape index (κ3) is 4.67. The van der Waals surface area contributed by atoms with Crippen molar-refractivity contribution in [2.24, 2.45) is 0 Å². The number of fused-ring (bicyclic) bond motifs is 1. The minimum atomic E-state index is -1.58. The number of hydrogen-bond acceptors (Lipinski definition) is 9. The Morgan fingerprint density at radius 2 is 1.90 bits per heavy atom. The Hall–Kier alpha value is -2.27. The predicted molar refractivity (Wildman–Crippen MR) is 101 cm³/mol. The third-order valence-electron chi connectivity index (χ3n) is 4.81. The lowest BCUT2D eigenvalue weighted by atomic mass is 9.99. The zero-order valence-electron chi connectivity index (χ0n) is 15.8. The first-order valence-electron chi connectivity index (χ1n) is 9.14. The molecule has 0 saturated carbocycles. The van der Waals surface area contributed by atoms with Crippen LogP contribution in [0.5, 0.6) is 5.75 Å². The molecule has 3 rings (SSSR count). The second-order valence-electron chi connectivity index (χ2n) is 6.98. The first-order valence-corrected chi connectivity index (χ1v) is 9.14. The van der Waals surface area contributed by atoms with Gasteiger partial charge in [-0.3, -0.25) is 0 Å². The maximum Gasteiger partial charge on any atom is 0.336 e. The molecule has 1 fully saturated rings. The molecule has 2 heterocycles. The molecular formula is C20H24O9. The van der Waals surface area contributed by atoms with Crippen LogP contribution >= 0.6 is 0 Å². The highest BCUT2D eigenvalue weighted by Gasteiger charge is 2.44. The number of allylic oxidation sites excluding steroid dienone is 1. The van der Waals surface area contributed by atoms with Gasteiger partial charge in [0.1, 0.15) is 35.7 Å². The van der Waals surface area contributed by atoms with Crippen LogP contribution in [-0.4, -0.2) is 69.5 Å². The molecule has 29 heavy (non-hydrogen) atoms. The average molecular weight is 408 g/mol. The molecule has 2 aromatic rings. The minimum Gasteiger partial charge on any atom is -0.462 e. The molecule has 9 nitrogen and oxygen atoms in total. The molecule has 0 unspecified atom stereocenters. The van der Waals surface area contributed by atoms with Crippen LogP contribution in [0.2, 0.25) is 0 Å². The van der Waals surface area contributed by atoms with Gasteiger partial charge in [-0.15, -0.1) is 0 Å². The van der Waals surface area contributed by atoms with Crippen molar-refractivity contribution in [2.75, 3.05) is 13.2 Å². The van der Waals surface area contributed by atoms with Crippen LogP contribution in [0, 0.1) is 0 Å². The minimum absolute atomic E-state index is 0.106. The summed E-state index contributed by atoms with van der Waals surface area (Å²) in [4.78, 5) is 11.5. The van der Waals surface area contributed by atoms with Crippen molar-refractivity contribution in [3.63, 3.8) is 0 Å². The number of ether oxygens (including phenoxy) is 2. The van der Waals surface area contributed by atoms with E-state index in [-0.39, 0.29) is 17.9 Å². The standard InChI is InChI=1S/C20H24O9/c1-10(8-21)2-3-11-6-12-4-5-16(23)27-13(12)7-14(11)28-20-19(26)18(25)17(24)15(9-22)29-20/h2,4-7,15,17-22,24-26H,3,8-9H2,1H3/b10-2-/t15-,17-,18+,19-,20-/m1/s1. The predicted octanol–water partition coefficient (Wildman–Crippen LogP) is -0.547. The van der Waals surface area contributed by atoms with Gasteiger partial charge in [-0.25, -0.2) is 4.79 Å². The first kappa shape index (κ1) is 21.4. The topological polar surface area (TPSA) is 150 Å². The van der Waals surface area contributed by atoms with Gasteiger partial charge in [0.15, 0.2) is 0 Å². The number of benzene rings is 1. The van der Waals surface area contributed by atoms with Gasteiger partial charge in [0, 0.05) is 17.5 Å². The lowest BCUT2D eigenvalue weighted by molar-refractivity contribution is -0.277. The molecule has 5 atom stereocenters. The summed E-state index contributed by atoms with van der Waals surface area (Å²) in [5, 5.41) is 49.3. The molecule has 158 valence electrons. The van der Waals surface area contributed by atoms with Crippen LogP contribution in [0.15, 0.2) is 45.1 Å². The van der Waals surface area contributed by atoms with Crippen molar-refractivity contribution in [1.82, 2.24) is 0 Å². The van der Waals surface area contributed by atoms with Gasteiger partial charge in [0.05, 0.1) is 13.2 Å². The lowest BCUT2D eigenvalue weighted by Gasteiger charge is -2.39. The quantitative estimate of drug-likeness (QED) is 0.313. The van der Waals surface area contributed by atoms with E-state index in [9.17, 15) is 30.3 Å². The fourth-order valence-electron chi connectivity index (χ4n) is 3.05. The summed E-state index contributed by atoms with van der Waals surface area (Å²) in [6.45, 7) is 1.08. The molecule has 0 bridgehead atoms. The highest BCUT2D eigenvalue weighted by Crippen LogP contribution is 2.30. The van der Waals surface area contributed by atoms with Crippen molar-refractivity contribution in [1.29, 1.82) is 0 Å². The monoisotopic (exact) mass is 408 g/mol. The van der Waals surface area contributed by atoms with Crippen LogP contribution in [-0.2, 0) is 11.2 Å². The zero-order chi connectivity index (χ0) is 21.1. The first-order chi connectivity index (χ1) is 13.8. The van der Waals surface area contributed by atoms with E-state index in [2.05, 4.69) is 0 Å². The molecule has 5 N–H and O–H groups in total. The smallest absolute Gasteiger partial charge is 0.336 e. The van der Waals surface area contributed by atoms with E-state index in [1.807, 2.05) is 0 Å². The van der Waals surface area contributed by atoms with Crippen LogP contribution in [0.4, 0.5) is 0 Å². The molecule has 0 amide bonds. The third-order valence-corrected chi connectivity index (χ3v) is 4.81. The summed E-state index contributed by atoms with van der Waals surface area (Å²) in [5.74, 6) is 0.221. The van der Waals surface area contributed by atoms with E-state index in [0.29, 0.717) is 17.4 Å². The molecule has 0 spiro atoms. The normalized spacial score (nSPS) is 27.9. The van der Waals surface area contributed by atoms with Crippen LogP contribution in [0.3, 0.4) is 0 Å². The Morgan fingerprint density at radius 3 is 2.59 bits per heavy atom. The highest BCUT2D eigenvalue weighted by atomic mass is 16.7. The van der Waals surface area contributed by atoms with Gasteiger partial charge < -0.3 is 39.4 Å². The molecule has 1 aliphatic rings. The largest absolute Gasteiger partial charge is 0.462 e. The Kier molecular flexibility index (Phi) is 6.68. The van der Waals surface area contributed by atoms with E-state index < -0.39 is 42.9 Å². The van der Waals surface area contributed by atoms with Gasteiger partial charge in [-0.05, 0) is 31.0 Å². The second kappa shape index (κ2) is 9.04. The number of hydrogen-bond donors (Lipinski definition) is 5. The Labute approximate surface area is 166 Å². The summed E-state index contributed by atoms with van der Waals surface area (Å²) >= 11 is 0. The van der Waals surface area contributed by atoms with E-state index in [4.69, 9.17) is 13.9 Å². The molecule has 1 aliphatic heterocycles. The fraction of sp³-hybridized carbons (Fsp3) is 0.450. The summed E-state index contributed by atoms with van der Waals surface area (Å²) in [5.41, 5.74) is 1.10. The average Bonchev–Trinajstić information content (AvgIpc) is 2.72. The Morgan fingerprint density at radius 1 is 1.14 bits per heavy atom. The highest BCUT2D eigenvalue weighted by molar-refractivity contribution is 5.79. The second-order valence-corrected chi connectivity index (χ2v) is 6.98. The van der Waals surface area contributed by atoms with Crippen LogP contribution in [0.1, 0.15) is 12.5 Å². The summed E-state index contributed by atoms with van der Waals surface area (Å²) in [6, 6.07) is 6.10. The van der Waals surface area contributed by atoms with E-state index >= 15 is 0 Å². The van der Waals surface area contributed by atoms with Crippen molar-refractivity contribution >= 4 is 11.0 Å². The Balaban J connectivity index is 1.98. The van der Waals surface area contributed by atoms with E-state index in [1.54, 1.807) is 25.1 Å². The molecule has 0 radical (unpaired) electrons. The number of aliphatic hydroxyl groups excluding tert-OH is 5. The zero-order valence-corrected chi connectivity index (χ0v) is 15.8. The van der Waals surface area contributed by atoms with Gasteiger partial charge >= 0.3 is 5.63 Å². The van der Waals surface area contributed by atoms with Crippen molar-refractivity contribution < 1.29 is 39.4 Å². The van der Waals surface area contributed by atoms with Gasteiger partial charge in [0.2, 0.25) is 6.29 Å². The van der Waals surface area contributed by atoms with Gasteiger partial charge in [-0.2, -0.15) is 0 Å². The molecule has 1 aromatic carbocycles. The molecule has 0 aliphatic carbocycles. The van der Waals surface area contributed by atoms with E-state index in [1.165, 1.54) is 12.1 Å². The molecular weight excluding hydrogens is 384 g/mol. The van der Waals surface area contributed by atoms with Crippen molar-refractivity contribution in [2.45, 2.75) is 44.1 Å². The number of aliphatic hydroxyl groups is 5. The van der Waals surface area contributed by atoms with Gasteiger partial charge in [0.25, 0.3) is 0 Å². The maximum atomic E-state index is 11.5. The number of rotatable bonds is 6. The van der Waals surface area contributed by atoms with Crippen LogP contribution < -0.4 is 10.4 Å². The SMILES string of the molecule is C/C(=C/Cc1cc2ccc(=O)oc2cc1O[C@@H]1O[C@H](CO)[C@@H](O)[C@H](O)[C@H]1O)CO. The van der Waals surface area contributed by atoms with Gasteiger partial charge in [-0.1, -0.05) is 11.6 Å². The molecule has 9 heteroatoms.